The number of halogens is 1. The highest BCUT2D eigenvalue weighted by atomic mass is 79.9. The van der Waals surface area contributed by atoms with Crippen LogP contribution in [0.1, 0.15) is 23.3 Å². The quantitative estimate of drug-likeness (QED) is 0.692. The van der Waals surface area contributed by atoms with Crippen molar-refractivity contribution in [3.8, 4) is 11.3 Å². The predicted octanol–water partition coefficient (Wildman–Crippen LogP) is 1.75. The fourth-order valence-corrected chi connectivity index (χ4v) is 3.94. The third-order valence-corrected chi connectivity index (χ3v) is 5.91. The number of nitrogens with one attached hydrogen (secondary N) is 1. The third kappa shape index (κ3) is 4.19. The first kappa shape index (κ1) is 19.6. The minimum Gasteiger partial charge on any atom is -0.334 e. The molecule has 0 bridgehead atoms. The number of aromatic amines is 1. The second-order valence-electron chi connectivity index (χ2n) is 7.26. The number of hydrogen-bond acceptors (Lipinski definition) is 4. The number of hydrogen-bond donors (Lipinski definition) is 1. The highest BCUT2D eigenvalue weighted by Crippen LogP contribution is 2.21. The molecular weight excluding hydrogens is 438 g/mol. The van der Waals surface area contributed by atoms with Crippen LogP contribution in [0.4, 0.5) is 0 Å². The van der Waals surface area contributed by atoms with Crippen molar-refractivity contribution in [1.82, 2.24) is 24.9 Å². The molecule has 0 radical (unpaired) electrons. The Morgan fingerprint density at radius 3 is 2.00 bits per heavy atom. The summed E-state index contributed by atoms with van der Waals surface area (Å²) in [5.74, 6) is -1.04. The van der Waals surface area contributed by atoms with E-state index in [2.05, 4.69) is 26.1 Å². The largest absolute Gasteiger partial charge is 0.334 e. The Kier molecular flexibility index (Phi) is 5.66. The number of H-pyrrole nitrogens is 1. The van der Waals surface area contributed by atoms with Crippen LogP contribution in [0.25, 0.3) is 11.3 Å². The molecule has 0 atom stereocenters. The van der Waals surface area contributed by atoms with Gasteiger partial charge in [-0.05, 0) is 31.0 Å². The van der Waals surface area contributed by atoms with Gasteiger partial charge in [-0.3, -0.25) is 19.5 Å². The Morgan fingerprint density at radius 2 is 1.38 bits per heavy atom. The average Bonchev–Trinajstić information content (AvgIpc) is 3.45. The van der Waals surface area contributed by atoms with Gasteiger partial charge in [0.05, 0.1) is 5.69 Å². The van der Waals surface area contributed by atoms with Gasteiger partial charge in [-0.1, -0.05) is 28.1 Å². The first-order chi connectivity index (χ1) is 14.0. The average molecular weight is 460 g/mol. The van der Waals surface area contributed by atoms with Crippen LogP contribution in [-0.2, 0) is 9.59 Å². The molecule has 2 saturated heterocycles. The fraction of sp³-hybridized carbons (Fsp3) is 0.400. The van der Waals surface area contributed by atoms with Gasteiger partial charge < -0.3 is 14.7 Å². The van der Waals surface area contributed by atoms with Crippen molar-refractivity contribution in [2.75, 3.05) is 39.3 Å². The van der Waals surface area contributed by atoms with Gasteiger partial charge in [0.2, 0.25) is 0 Å². The summed E-state index contributed by atoms with van der Waals surface area (Å²) in [4.78, 5) is 42.3. The van der Waals surface area contributed by atoms with Crippen molar-refractivity contribution in [3.05, 3.63) is 40.5 Å². The number of benzene rings is 1. The van der Waals surface area contributed by atoms with E-state index in [1.54, 1.807) is 20.8 Å². The molecule has 2 fully saturated rings. The smallest absolute Gasteiger partial charge is 0.312 e. The zero-order valence-corrected chi connectivity index (χ0v) is 17.5. The molecule has 1 aromatic heterocycles. The van der Waals surface area contributed by atoms with Gasteiger partial charge in [-0.25, -0.2) is 0 Å². The molecule has 4 rings (SSSR count). The van der Waals surface area contributed by atoms with Gasteiger partial charge >= 0.3 is 11.8 Å². The normalized spacial score (nSPS) is 16.9. The van der Waals surface area contributed by atoms with E-state index in [1.807, 2.05) is 24.3 Å². The van der Waals surface area contributed by atoms with E-state index in [0.717, 1.165) is 22.9 Å². The minimum absolute atomic E-state index is 0.154. The van der Waals surface area contributed by atoms with E-state index in [-0.39, 0.29) is 5.91 Å². The molecule has 3 heterocycles. The minimum atomic E-state index is -0.460. The number of rotatable bonds is 2. The van der Waals surface area contributed by atoms with Gasteiger partial charge in [0.1, 0.15) is 5.69 Å². The molecule has 0 saturated carbocycles. The summed E-state index contributed by atoms with van der Waals surface area (Å²) in [6.07, 6.45) is 1.90. The standard InChI is InChI=1S/C20H22BrN5O3/c21-15-5-3-14(4-6-15)16-13-17(23-22-16)18(27)25-9-11-26(12-10-25)20(29)19(28)24-7-1-2-8-24/h3-6,13H,1-2,7-12H2,(H,22,23). The summed E-state index contributed by atoms with van der Waals surface area (Å²) in [7, 11) is 0. The molecule has 0 spiro atoms. The van der Waals surface area contributed by atoms with Crippen LogP contribution in [-0.4, -0.2) is 81.9 Å². The first-order valence-corrected chi connectivity index (χ1v) is 10.5. The maximum absolute atomic E-state index is 12.8. The van der Waals surface area contributed by atoms with E-state index in [9.17, 15) is 14.4 Å². The number of carbonyl (C=O) groups is 3. The predicted molar refractivity (Wildman–Crippen MR) is 110 cm³/mol. The van der Waals surface area contributed by atoms with Gasteiger partial charge in [0.25, 0.3) is 5.91 Å². The molecule has 152 valence electrons. The highest BCUT2D eigenvalue weighted by molar-refractivity contribution is 9.10. The summed E-state index contributed by atoms with van der Waals surface area (Å²) in [6.45, 7) is 2.82. The molecule has 2 aliphatic heterocycles. The zero-order valence-electron chi connectivity index (χ0n) is 15.9. The van der Waals surface area contributed by atoms with E-state index in [1.165, 1.54) is 0 Å². The van der Waals surface area contributed by atoms with Crippen LogP contribution in [0.2, 0.25) is 0 Å². The number of amides is 3. The van der Waals surface area contributed by atoms with Gasteiger partial charge in [-0.15, -0.1) is 0 Å². The van der Waals surface area contributed by atoms with Crippen molar-refractivity contribution in [3.63, 3.8) is 0 Å². The lowest BCUT2D eigenvalue weighted by Crippen LogP contribution is -2.54. The molecule has 2 aliphatic rings. The van der Waals surface area contributed by atoms with Crippen molar-refractivity contribution >= 4 is 33.7 Å². The summed E-state index contributed by atoms with van der Waals surface area (Å²) in [5.41, 5.74) is 2.03. The molecule has 9 heteroatoms. The van der Waals surface area contributed by atoms with E-state index in [0.29, 0.717) is 50.7 Å². The Labute approximate surface area is 177 Å². The second kappa shape index (κ2) is 8.36. The van der Waals surface area contributed by atoms with Crippen LogP contribution >= 0.6 is 15.9 Å². The van der Waals surface area contributed by atoms with Crippen LogP contribution in [0, 0.1) is 0 Å². The van der Waals surface area contributed by atoms with E-state index < -0.39 is 11.8 Å². The van der Waals surface area contributed by atoms with Crippen molar-refractivity contribution < 1.29 is 14.4 Å². The SMILES string of the molecule is O=C(C(=O)N1CCN(C(=O)c2cc(-c3ccc(Br)cc3)n[nH]2)CC1)N1CCCC1. The molecule has 8 nitrogen and oxygen atoms in total. The molecular formula is C20H22BrN5O3. The monoisotopic (exact) mass is 459 g/mol. The molecule has 1 N–H and O–H groups in total. The van der Waals surface area contributed by atoms with Crippen LogP contribution in [0.5, 0.6) is 0 Å². The summed E-state index contributed by atoms with van der Waals surface area (Å²) >= 11 is 3.40. The van der Waals surface area contributed by atoms with Crippen molar-refractivity contribution in [2.24, 2.45) is 0 Å². The maximum Gasteiger partial charge on any atom is 0.312 e. The summed E-state index contributed by atoms with van der Waals surface area (Å²) in [6, 6.07) is 9.43. The number of nitrogens with zero attached hydrogens (tertiary/aromatic N) is 4. The summed E-state index contributed by atoms with van der Waals surface area (Å²) < 4.78 is 0.976. The van der Waals surface area contributed by atoms with Crippen molar-refractivity contribution in [2.45, 2.75) is 12.8 Å². The van der Waals surface area contributed by atoms with E-state index in [4.69, 9.17) is 0 Å². The maximum atomic E-state index is 12.8. The zero-order chi connectivity index (χ0) is 20.4. The lowest BCUT2D eigenvalue weighted by atomic mass is 10.1. The lowest BCUT2D eigenvalue weighted by molar-refractivity contribution is -0.152. The van der Waals surface area contributed by atoms with Gasteiger partial charge in [0.15, 0.2) is 0 Å². The summed E-state index contributed by atoms with van der Waals surface area (Å²) in [5, 5.41) is 7.05. The molecule has 1 aromatic carbocycles. The second-order valence-corrected chi connectivity index (χ2v) is 8.17. The number of carbonyl (C=O) groups excluding carboxylic acids is 3. The number of likely N-dealkylation sites (tertiary alicyclic amines) is 1. The number of aromatic nitrogens is 2. The third-order valence-electron chi connectivity index (χ3n) is 5.38. The molecule has 3 amide bonds. The molecule has 0 unspecified atom stereocenters. The Balaban J connectivity index is 1.35. The Morgan fingerprint density at radius 1 is 0.828 bits per heavy atom. The topological polar surface area (TPSA) is 89.6 Å². The van der Waals surface area contributed by atoms with Gasteiger partial charge in [-0.2, -0.15) is 5.10 Å². The van der Waals surface area contributed by atoms with Crippen LogP contribution in [0.3, 0.4) is 0 Å². The molecule has 29 heavy (non-hydrogen) atoms. The van der Waals surface area contributed by atoms with Crippen LogP contribution in [0.15, 0.2) is 34.8 Å². The van der Waals surface area contributed by atoms with Gasteiger partial charge in [0, 0.05) is 49.3 Å². The Bertz CT molecular complexity index is 912. The molecule has 0 aliphatic carbocycles. The number of piperazine rings is 1. The van der Waals surface area contributed by atoms with Crippen molar-refractivity contribution in [1.29, 1.82) is 0 Å². The van der Waals surface area contributed by atoms with E-state index >= 15 is 0 Å². The lowest BCUT2D eigenvalue weighted by Gasteiger charge is -2.34. The van der Waals surface area contributed by atoms with Crippen LogP contribution < -0.4 is 0 Å². The Hall–Kier alpha value is -2.68. The fourth-order valence-electron chi connectivity index (χ4n) is 3.67. The molecule has 2 aromatic rings. The first-order valence-electron chi connectivity index (χ1n) is 9.72. The highest BCUT2D eigenvalue weighted by Gasteiger charge is 2.32.